The van der Waals surface area contributed by atoms with Gasteiger partial charge in [-0.2, -0.15) is 0 Å². The van der Waals surface area contributed by atoms with E-state index in [1.807, 2.05) is 6.20 Å². The van der Waals surface area contributed by atoms with Crippen LogP contribution in [0, 0.1) is 13.8 Å². The second kappa shape index (κ2) is 3.01. The quantitative estimate of drug-likeness (QED) is 0.474. The van der Waals surface area contributed by atoms with Crippen LogP contribution in [0.15, 0.2) is 12.3 Å². The maximum atomic E-state index is 3.07. The van der Waals surface area contributed by atoms with Gasteiger partial charge in [0, 0.05) is 30.8 Å². The van der Waals surface area contributed by atoms with Gasteiger partial charge in [-0.15, -0.1) is 0 Å². The Morgan fingerprint density at radius 2 is 2.00 bits per heavy atom. The third kappa shape index (κ3) is 1.43. The smallest absolute Gasteiger partial charge is 0.0145 e. The van der Waals surface area contributed by atoms with Crippen LogP contribution in [0.25, 0.3) is 0 Å². The normalized spacial score (nSPS) is 8.25. The molecule has 1 aromatic heterocycles. The maximum Gasteiger partial charge on any atom is 0.0145 e. The van der Waals surface area contributed by atoms with Gasteiger partial charge in [0.15, 0.2) is 0 Å². The summed E-state index contributed by atoms with van der Waals surface area (Å²) >= 11 is 0. The Bertz CT molecular complexity index is 141. The van der Waals surface area contributed by atoms with Crippen LogP contribution in [0.5, 0.6) is 0 Å². The predicted octanol–water partition coefficient (Wildman–Crippen LogP) is 1.25. The molecule has 1 rings (SSSR count). The van der Waals surface area contributed by atoms with E-state index in [2.05, 4.69) is 24.9 Å². The molecule has 1 radical (unpaired) electrons. The van der Waals surface area contributed by atoms with Gasteiger partial charge in [-0.25, -0.2) is 0 Å². The van der Waals surface area contributed by atoms with Gasteiger partial charge in [-0.1, -0.05) is 0 Å². The number of nitrogens with one attached hydrogen (secondary N) is 1. The predicted molar refractivity (Wildman–Crippen MR) is 36.0 cm³/mol. The van der Waals surface area contributed by atoms with Gasteiger partial charge in [0.1, 0.15) is 0 Å². The van der Waals surface area contributed by atoms with Gasteiger partial charge in [0.2, 0.25) is 0 Å². The zero-order valence-corrected chi connectivity index (χ0v) is 5.65. The Balaban J connectivity index is 0.000000490. The summed E-state index contributed by atoms with van der Waals surface area (Å²) in [6.07, 6.45) is 1.95. The van der Waals surface area contributed by atoms with E-state index in [4.69, 9.17) is 0 Å². The largest absolute Gasteiger partial charge is 0.365 e. The van der Waals surface area contributed by atoms with E-state index < -0.39 is 0 Å². The van der Waals surface area contributed by atoms with E-state index in [-0.39, 0.29) is 18.9 Å². The van der Waals surface area contributed by atoms with Crippen molar-refractivity contribution in [1.29, 1.82) is 0 Å². The number of rotatable bonds is 0. The summed E-state index contributed by atoms with van der Waals surface area (Å²) in [5.74, 6) is 0. The molecule has 0 saturated heterocycles. The Hall–Kier alpha value is -0.123. The molecule has 1 N–H and O–H groups in total. The van der Waals surface area contributed by atoms with E-state index in [0.717, 1.165) is 0 Å². The first-order valence-electron chi connectivity index (χ1n) is 2.41. The summed E-state index contributed by atoms with van der Waals surface area (Å²) < 4.78 is 0. The average molecular weight is 102 g/mol. The standard InChI is InChI=1S/C6H9N.Li/c1-5-3-4-7-6(5)2;/h3-4,7H,1-2H3;. The van der Waals surface area contributed by atoms with Crippen molar-refractivity contribution in [3.63, 3.8) is 0 Å². The molecule has 0 aliphatic carbocycles. The summed E-state index contributed by atoms with van der Waals surface area (Å²) in [4.78, 5) is 3.07. The van der Waals surface area contributed by atoms with Crippen molar-refractivity contribution in [2.75, 3.05) is 0 Å². The molecule has 0 aromatic carbocycles. The number of aromatic nitrogens is 1. The molecular weight excluding hydrogens is 93.0 g/mol. The molecule has 8 heavy (non-hydrogen) atoms. The minimum absolute atomic E-state index is 0. The molecular formula is C6H9LiN. The average Bonchev–Trinajstić information content (AvgIpc) is 1.91. The van der Waals surface area contributed by atoms with Crippen molar-refractivity contribution in [3.05, 3.63) is 23.5 Å². The fraction of sp³-hybridized carbons (Fsp3) is 0.333. The first-order valence-corrected chi connectivity index (χ1v) is 2.41. The van der Waals surface area contributed by atoms with Crippen molar-refractivity contribution in [2.45, 2.75) is 13.8 Å². The molecule has 0 unspecified atom stereocenters. The van der Waals surface area contributed by atoms with Gasteiger partial charge in [0.05, 0.1) is 0 Å². The molecule has 0 aliphatic rings. The molecule has 2 heteroatoms. The SMILES string of the molecule is Cc1cc[nH]c1C.[Li]. The molecule has 1 aromatic rings. The zero-order valence-electron chi connectivity index (χ0n) is 5.65. The molecule has 0 bridgehead atoms. The first kappa shape index (κ1) is 7.88. The van der Waals surface area contributed by atoms with E-state index >= 15 is 0 Å². The van der Waals surface area contributed by atoms with Crippen LogP contribution in [0.3, 0.4) is 0 Å². The molecule has 1 nitrogen and oxygen atoms in total. The van der Waals surface area contributed by atoms with Crippen molar-refractivity contribution in [1.82, 2.24) is 4.98 Å². The van der Waals surface area contributed by atoms with Crippen molar-refractivity contribution < 1.29 is 0 Å². The Kier molecular flexibility index (Phi) is 2.97. The number of hydrogen-bond acceptors (Lipinski definition) is 0. The molecule has 0 spiro atoms. The zero-order chi connectivity index (χ0) is 5.28. The van der Waals surface area contributed by atoms with E-state index in [0.29, 0.717) is 0 Å². The van der Waals surface area contributed by atoms with E-state index in [1.165, 1.54) is 11.3 Å². The van der Waals surface area contributed by atoms with Gasteiger partial charge < -0.3 is 4.98 Å². The number of H-pyrrole nitrogens is 1. The van der Waals surface area contributed by atoms with Gasteiger partial charge >= 0.3 is 0 Å². The molecule has 0 fully saturated rings. The molecule has 0 aliphatic heterocycles. The van der Waals surface area contributed by atoms with Crippen molar-refractivity contribution >= 4 is 18.9 Å². The molecule has 0 amide bonds. The third-order valence-electron chi connectivity index (χ3n) is 1.22. The van der Waals surface area contributed by atoms with Crippen LogP contribution in [0.4, 0.5) is 0 Å². The second-order valence-electron chi connectivity index (χ2n) is 1.79. The van der Waals surface area contributed by atoms with Crippen LogP contribution in [-0.4, -0.2) is 23.8 Å². The van der Waals surface area contributed by atoms with Gasteiger partial charge in [0.25, 0.3) is 0 Å². The first-order chi connectivity index (χ1) is 3.30. The number of aryl methyl sites for hydroxylation is 2. The number of aromatic amines is 1. The summed E-state index contributed by atoms with van der Waals surface area (Å²) in [5.41, 5.74) is 2.60. The summed E-state index contributed by atoms with van der Waals surface area (Å²) in [6.45, 7) is 4.15. The van der Waals surface area contributed by atoms with Crippen LogP contribution in [-0.2, 0) is 0 Å². The molecule has 0 atom stereocenters. The van der Waals surface area contributed by atoms with Crippen LogP contribution < -0.4 is 0 Å². The summed E-state index contributed by atoms with van der Waals surface area (Å²) in [6, 6.07) is 2.06. The maximum absolute atomic E-state index is 3.07. The number of hydrogen-bond donors (Lipinski definition) is 1. The second-order valence-corrected chi connectivity index (χ2v) is 1.79. The fourth-order valence-corrected chi connectivity index (χ4v) is 0.531. The summed E-state index contributed by atoms with van der Waals surface area (Å²) in [7, 11) is 0. The van der Waals surface area contributed by atoms with Crippen molar-refractivity contribution in [2.24, 2.45) is 0 Å². The van der Waals surface area contributed by atoms with Crippen molar-refractivity contribution in [3.8, 4) is 0 Å². The van der Waals surface area contributed by atoms with Gasteiger partial charge in [-0.05, 0) is 25.5 Å². The molecule has 39 valence electrons. The van der Waals surface area contributed by atoms with E-state index in [1.54, 1.807) is 0 Å². The van der Waals surface area contributed by atoms with Crippen LogP contribution in [0.2, 0.25) is 0 Å². The minimum atomic E-state index is 0. The monoisotopic (exact) mass is 102 g/mol. The molecule has 1 heterocycles. The molecule has 0 saturated carbocycles. The Morgan fingerprint density at radius 1 is 1.38 bits per heavy atom. The Morgan fingerprint density at radius 3 is 2.12 bits per heavy atom. The minimum Gasteiger partial charge on any atom is -0.365 e. The Labute approximate surface area is 61.7 Å². The third-order valence-corrected chi connectivity index (χ3v) is 1.22. The summed E-state index contributed by atoms with van der Waals surface area (Å²) in [5, 5.41) is 0. The fourth-order valence-electron chi connectivity index (χ4n) is 0.531. The topological polar surface area (TPSA) is 15.8 Å². The van der Waals surface area contributed by atoms with Crippen LogP contribution >= 0.6 is 0 Å². The van der Waals surface area contributed by atoms with E-state index in [9.17, 15) is 0 Å². The van der Waals surface area contributed by atoms with Gasteiger partial charge in [-0.3, -0.25) is 0 Å². The van der Waals surface area contributed by atoms with Crippen LogP contribution in [0.1, 0.15) is 11.3 Å².